The fourth-order valence-corrected chi connectivity index (χ4v) is 2.91. The lowest BCUT2D eigenvalue weighted by molar-refractivity contribution is -0.228. The molecule has 0 saturated carbocycles. The monoisotopic (exact) mass is 338 g/mol. The minimum Gasteiger partial charge on any atom is -0.465 e. The molecule has 0 aliphatic carbocycles. The maximum atomic E-state index is 11.9. The van der Waals surface area contributed by atoms with Crippen LogP contribution in [0.5, 0.6) is 0 Å². The third-order valence-corrected chi connectivity index (χ3v) is 4.13. The van der Waals surface area contributed by atoms with Gasteiger partial charge in [-0.05, 0) is 12.1 Å². The molecule has 0 bridgehead atoms. The Bertz CT molecular complexity index is 618. The van der Waals surface area contributed by atoms with E-state index < -0.39 is 42.1 Å². The molecule has 1 aromatic rings. The maximum Gasteiger partial charge on any atom is 0.366 e. The molecule has 1 aromatic carbocycles. The molecule has 0 unspecified atom stereocenters. The largest absolute Gasteiger partial charge is 0.465 e. The van der Waals surface area contributed by atoms with E-state index in [1.807, 2.05) is 0 Å². The van der Waals surface area contributed by atoms with Gasteiger partial charge in [0, 0.05) is 6.42 Å². The first-order chi connectivity index (χ1) is 11.4. The second-order valence-corrected chi connectivity index (χ2v) is 5.73. The summed E-state index contributed by atoms with van der Waals surface area (Å²) in [7, 11) is 1.13. The Kier molecular flexibility index (Phi) is 4.55. The fraction of sp³-hybridized carbons (Fsp3) is 0.500. The summed E-state index contributed by atoms with van der Waals surface area (Å²) in [6.45, 7) is -0.165. The number of ether oxygens (including phenoxy) is 4. The predicted octanol–water partition coefficient (Wildman–Crippen LogP) is -0.378. The standard InChI is InChI=1S/C16H18O8/c1-21-15(19)16(20)7-10-13(24-16)12(17)11(23-10)8-22-14(18)9-5-3-2-4-6-9/h2-6,10-13,17,20H,7-8H2,1H3/t10-,11-,12-,13+,16-/m1/s1. The zero-order chi connectivity index (χ0) is 17.3. The van der Waals surface area contributed by atoms with E-state index in [2.05, 4.69) is 4.74 Å². The van der Waals surface area contributed by atoms with Gasteiger partial charge in [-0.25, -0.2) is 9.59 Å². The highest BCUT2D eigenvalue weighted by Crippen LogP contribution is 2.39. The Morgan fingerprint density at radius 1 is 1.33 bits per heavy atom. The Morgan fingerprint density at radius 3 is 2.67 bits per heavy atom. The molecule has 0 aromatic heterocycles. The number of hydrogen-bond acceptors (Lipinski definition) is 8. The van der Waals surface area contributed by atoms with Gasteiger partial charge in [0.1, 0.15) is 24.9 Å². The molecule has 0 spiro atoms. The maximum absolute atomic E-state index is 11.9. The number of rotatable bonds is 4. The van der Waals surface area contributed by atoms with Crippen molar-refractivity contribution >= 4 is 11.9 Å². The highest BCUT2D eigenvalue weighted by atomic mass is 16.7. The van der Waals surface area contributed by atoms with E-state index in [-0.39, 0.29) is 13.0 Å². The van der Waals surface area contributed by atoms with Crippen molar-refractivity contribution in [3.63, 3.8) is 0 Å². The minimum atomic E-state index is -2.13. The number of carbonyl (C=O) groups excluding carboxylic acids is 2. The second-order valence-electron chi connectivity index (χ2n) is 5.73. The summed E-state index contributed by atoms with van der Waals surface area (Å²) >= 11 is 0. The first kappa shape index (κ1) is 16.8. The number of fused-ring (bicyclic) bond motifs is 1. The molecule has 3 rings (SSSR count). The normalized spacial score (nSPS) is 34.6. The van der Waals surface area contributed by atoms with Crippen molar-refractivity contribution in [2.45, 2.75) is 36.6 Å². The van der Waals surface area contributed by atoms with Crippen LogP contribution in [0.3, 0.4) is 0 Å². The molecule has 0 radical (unpaired) electrons. The van der Waals surface area contributed by atoms with Crippen molar-refractivity contribution in [1.29, 1.82) is 0 Å². The van der Waals surface area contributed by atoms with Crippen LogP contribution in [0.4, 0.5) is 0 Å². The van der Waals surface area contributed by atoms with E-state index in [9.17, 15) is 19.8 Å². The van der Waals surface area contributed by atoms with Crippen LogP contribution < -0.4 is 0 Å². The highest BCUT2D eigenvalue weighted by molar-refractivity contribution is 5.89. The number of esters is 2. The first-order valence-electron chi connectivity index (χ1n) is 7.49. The van der Waals surface area contributed by atoms with Crippen LogP contribution in [0.2, 0.25) is 0 Å². The molecular formula is C16H18O8. The van der Waals surface area contributed by atoms with Crippen molar-refractivity contribution in [2.24, 2.45) is 0 Å². The van der Waals surface area contributed by atoms with Gasteiger partial charge in [-0.2, -0.15) is 0 Å². The van der Waals surface area contributed by atoms with Gasteiger partial charge in [-0.15, -0.1) is 0 Å². The summed E-state index contributed by atoms with van der Waals surface area (Å²) in [5.41, 5.74) is 0.390. The van der Waals surface area contributed by atoms with E-state index >= 15 is 0 Å². The molecule has 8 nitrogen and oxygen atoms in total. The van der Waals surface area contributed by atoms with Crippen LogP contribution in [-0.2, 0) is 23.7 Å². The van der Waals surface area contributed by atoms with E-state index in [4.69, 9.17) is 14.2 Å². The molecule has 8 heteroatoms. The Balaban J connectivity index is 1.56. The van der Waals surface area contributed by atoms with E-state index in [0.29, 0.717) is 5.56 Å². The molecule has 2 N–H and O–H groups in total. The van der Waals surface area contributed by atoms with Crippen LogP contribution in [0, 0.1) is 0 Å². The molecule has 130 valence electrons. The summed E-state index contributed by atoms with van der Waals surface area (Å²) in [6.07, 6.45) is -3.68. The lowest BCUT2D eigenvalue weighted by Gasteiger charge is -2.23. The molecule has 2 aliphatic rings. The van der Waals surface area contributed by atoms with Crippen LogP contribution in [-0.4, -0.2) is 66.1 Å². The van der Waals surface area contributed by atoms with Crippen LogP contribution in [0.1, 0.15) is 16.8 Å². The average molecular weight is 338 g/mol. The van der Waals surface area contributed by atoms with Crippen LogP contribution in [0.15, 0.2) is 30.3 Å². The van der Waals surface area contributed by atoms with Gasteiger partial charge in [0.2, 0.25) is 0 Å². The topological polar surface area (TPSA) is 112 Å². The molecule has 5 atom stereocenters. The van der Waals surface area contributed by atoms with Gasteiger partial charge >= 0.3 is 11.9 Å². The summed E-state index contributed by atoms with van der Waals surface area (Å²) in [5.74, 6) is -3.60. The Morgan fingerprint density at radius 2 is 2.04 bits per heavy atom. The van der Waals surface area contributed by atoms with E-state index in [1.165, 1.54) is 0 Å². The summed E-state index contributed by atoms with van der Waals surface area (Å²) < 4.78 is 20.4. The number of benzene rings is 1. The molecule has 2 saturated heterocycles. The molecule has 24 heavy (non-hydrogen) atoms. The van der Waals surface area contributed by atoms with E-state index in [1.54, 1.807) is 30.3 Å². The lowest BCUT2D eigenvalue weighted by Crippen LogP contribution is -2.43. The summed E-state index contributed by atoms with van der Waals surface area (Å²) in [4.78, 5) is 23.4. The van der Waals surface area contributed by atoms with Crippen molar-refractivity contribution < 1.29 is 38.7 Å². The average Bonchev–Trinajstić information content (AvgIpc) is 3.08. The second kappa shape index (κ2) is 6.48. The molecular weight excluding hydrogens is 320 g/mol. The van der Waals surface area contributed by atoms with Gasteiger partial charge in [-0.1, -0.05) is 18.2 Å². The molecule has 2 heterocycles. The Hall–Kier alpha value is -2.00. The summed E-state index contributed by atoms with van der Waals surface area (Å²) in [5, 5.41) is 20.3. The van der Waals surface area contributed by atoms with Crippen molar-refractivity contribution in [1.82, 2.24) is 0 Å². The van der Waals surface area contributed by atoms with E-state index in [0.717, 1.165) is 7.11 Å². The van der Waals surface area contributed by atoms with Crippen molar-refractivity contribution in [3.8, 4) is 0 Å². The number of methoxy groups -OCH3 is 1. The highest BCUT2D eigenvalue weighted by Gasteiger charge is 2.59. The van der Waals surface area contributed by atoms with Crippen LogP contribution in [0.25, 0.3) is 0 Å². The van der Waals surface area contributed by atoms with Gasteiger partial charge in [0.15, 0.2) is 0 Å². The third kappa shape index (κ3) is 3.01. The van der Waals surface area contributed by atoms with Gasteiger partial charge in [-0.3, -0.25) is 0 Å². The molecule has 0 amide bonds. The number of hydrogen-bond donors (Lipinski definition) is 2. The van der Waals surface area contributed by atoms with Crippen LogP contribution >= 0.6 is 0 Å². The van der Waals surface area contributed by atoms with Gasteiger partial charge < -0.3 is 29.2 Å². The minimum absolute atomic E-state index is 0.162. The third-order valence-electron chi connectivity index (χ3n) is 4.13. The van der Waals surface area contributed by atoms with Gasteiger partial charge in [0.05, 0.1) is 18.8 Å². The zero-order valence-corrected chi connectivity index (χ0v) is 13.0. The SMILES string of the molecule is COC(=O)[C@@]1(O)C[C@H]2O[C@H](COC(=O)c3ccccc3)[C@@H](O)[C@H]2O1. The lowest BCUT2D eigenvalue weighted by atomic mass is 10.1. The zero-order valence-electron chi connectivity index (χ0n) is 13.0. The first-order valence-corrected chi connectivity index (χ1v) is 7.49. The van der Waals surface area contributed by atoms with Gasteiger partial charge in [0.25, 0.3) is 5.79 Å². The molecule has 2 fully saturated rings. The quantitative estimate of drug-likeness (QED) is 0.715. The Labute approximate surface area is 137 Å². The van der Waals surface area contributed by atoms with Crippen molar-refractivity contribution in [2.75, 3.05) is 13.7 Å². The smallest absolute Gasteiger partial charge is 0.366 e. The number of aliphatic hydroxyl groups is 2. The number of aliphatic hydroxyl groups excluding tert-OH is 1. The number of carbonyl (C=O) groups is 2. The predicted molar refractivity (Wildman–Crippen MR) is 77.8 cm³/mol. The fourth-order valence-electron chi connectivity index (χ4n) is 2.91. The summed E-state index contributed by atoms with van der Waals surface area (Å²) in [6, 6.07) is 8.43. The van der Waals surface area contributed by atoms with Crippen molar-refractivity contribution in [3.05, 3.63) is 35.9 Å². The molecule has 2 aliphatic heterocycles.